The van der Waals surface area contributed by atoms with Gasteiger partial charge in [0.15, 0.2) is 0 Å². The maximum atomic E-state index is 12.0. The molecule has 2 heteroatoms. The quantitative estimate of drug-likeness (QED) is 0.0359. The lowest BCUT2D eigenvalue weighted by molar-refractivity contribution is -0.143. The molecule has 0 aromatic carbocycles. The number of hydrogen-bond donors (Lipinski definition) is 0. The molecule has 2 nitrogen and oxygen atoms in total. The summed E-state index contributed by atoms with van der Waals surface area (Å²) in [4.78, 5) is 12.0. The standard InChI is InChI=1S/C48H92O2/c1-3-5-7-9-11-13-15-17-19-20-21-22-23-24-25-26-27-28-29-30-31-33-35-37-39-41-43-45-47-50-48(49)46-44-42-40-38-36-34-32-18-16-14-12-10-8-6-4-2/h12,14,18,32H,3-11,13,15-17,19-31,33-47H2,1-2H3/b14-12-,32-18-. The Morgan fingerprint density at radius 3 is 1.00 bits per heavy atom. The van der Waals surface area contributed by atoms with Crippen molar-refractivity contribution < 1.29 is 9.53 Å². The van der Waals surface area contributed by atoms with E-state index in [1.54, 1.807) is 0 Å². The van der Waals surface area contributed by atoms with Crippen LogP contribution in [0.4, 0.5) is 0 Å². The minimum absolute atomic E-state index is 0.0145. The van der Waals surface area contributed by atoms with Gasteiger partial charge in [0.05, 0.1) is 6.61 Å². The Balaban J connectivity index is 3.17. The molecule has 296 valence electrons. The monoisotopic (exact) mass is 701 g/mol. The van der Waals surface area contributed by atoms with Crippen LogP contribution in [-0.2, 0) is 9.53 Å². The van der Waals surface area contributed by atoms with Gasteiger partial charge < -0.3 is 4.74 Å². The first kappa shape index (κ1) is 49.0. The predicted molar refractivity (Wildman–Crippen MR) is 225 cm³/mol. The molecule has 0 radical (unpaired) electrons. The van der Waals surface area contributed by atoms with Crippen LogP contribution >= 0.6 is 0 Å². The van der Waals surface area contributed by atoms with Gasteiger partial charge in [-0.05, 0) is 44.9 Å². The summed E-state index contributed by atoms with van der Waals surface area (Å²) in [5.74, 6) is 0.0145. The van der Waals surface area contributed by atoms with Crippen molar-refractivity contribution in [2.24, 2.45) is 0 Å². The summed E-state index contributed by atoms with van der Waals surface area (Å²) >= 11 is 0. The molecule has 0 aliphatic rings. The van der Waals surface area contributed by atoms with Crippen LogP contribution in [-0.4, -0.2) is 12.6 Å². The molecule has 0 fully saturated rings. The van der Waals surface area contributed by atoms with Crippen LogP contribution in [0, 0.1) is 0 Å². The number of hydrogen-bond acceptors (Lipinski definition) is 2. The Hall–Kier alpha value is -1.05. The highest BCUT2D eigenvalue weighted by Crippen LogP contribution is 2.16. The van der Waals surface area contributed by atoms with Crippen LogP contribution in [0.25, 0.3) is 0 Å². The van der Waals surface area contributed by atoms with Gasteiger partial charge in [0, 0.05) is 6.42 Å². The van der Waals surface area contributed by atoms with E-state index in [0.29, 0.717) is 13.0 Å². The average Bonchev–Trinajstić information content (AvgIpc) is 3.12. The third kappa shape index (κ3) is 45.0. The van der Waals surface area contributed by atoms with E-state index in [2.05, 4.69) is 38.2 Å². The molecule has 0 saturated carbocycles. The van der Waals surface area contributed by atoms with E-state index in [1.807, 2.05) is 0 Å². The maximum Gasteiger partial charge on any atom is 0.305 e. The number of ether oxygens (including phenoxy) is 1. The molecular weight excluding hydrogens is 609 g/mol. The van der Waals surface area contributed by atoms with Gasteiger partial charge in [-0.15, -0.1) is 0 Å². The second kappa shape index (κ2) is 46.0. The average molecular weight is 701 g/mol. The highest BCUT2D eigenvalue weighted by molar-refractivity contribution is 5.69. The van der Waals surface area contributed by atoms with Crippen LogP contribution < -0.4 is 0 Å². The Bertz CT molecular complexity index is 680. The van der Waals surface area contributed by atoms with E-state index in [4.69, 9.17) is 4.74 Å². The van der Waals surface area contributed by atoms with Gasteiger partial charge in [0.1, 0.15) is 0 Å². The Kier molecular flexibility index (Phi) is 45.0. The lowest BCUT2D eigenvalue weighted by atomic mass is 10.0. The lowest BCUT2D eigenvalue weighted by Crippen LogP contribution is -2.05. The second-order valence-electron chi connectivity index (χ2n) is 15.7. The smallest absolute Gasteiger partial charge is 0.305 e. The van der Waals surface area contributed by atoms with Crippen LogP contribution in [0.15, 0.2) is 24.3 Å². The van der Waals surface area contributed by atoms with Gasteiger partial charge in [-0.3, -0.25) is 4.79 Å². The summed E-state index contributed by atoms with van der Waals surface area (Å²) in [6.45, 7) is 5.18. The molecular formula is C48H92O2. The minimum Gasteiger partial charge on any atom is -0.466 e. The minimum atomic E-state index is 0.0145. The van der Waals surface area contributed by atoms with E-state index >= 15 is 0 Å². The molecule has 0 aromatic rings. The zero-order valence-electron chi connectivity index (χ0n) is 34.6. The molecule has 0 aliphatic carbocycles. The van der Waals surface area contributed by atoms with Gasteiger partial charge in [-0.25, -0.2) is 0 Å². The maximum absolute atomic E-state index is 12.0. The summed E-state index contributed by atoms with van der Waals surface area (Å²) in [6.07, 6.45) is 63.0. The number of rotatable bonds is 43. The van der Waals surface area contributed by atoms with Gasteiger partial charge in [0.25, 0.3) is 0 Å². The van der Waals surface area contributed by atoms with E-state index in [0.717, 1.165) is 25.7 Å². The van der Waals surface area contributed by atoms with Crippen molar-refractivity contribution in [1.29, 1.82) is 0 Å². The third-order valence-corrected chi connectivity index (χ3v) is 10.6. The summed E-state index contributed by atoms with van der Waals surface area (Å²) in [5, 5.41) is 0. The normalized spacial score (nSPS) is 11.8. The Labute approximate surface area is 316 Å². The van der Waals surface area contributed by atoms with Crippen LogP contribution in [0.2, 0.25) is 0 Å². The van der Waals surface area contributed by atoms with Gasteiger partial charge in [0.2, 0.25) is 0 Å². The number of carbonyl (C=O) groups is 1. The van der Waals surface area contributed by atoms with E-state index < -0.39 is 0 Å². The van der Waals surface area contributed by atoms with Crippen molar-refractivity contribution in [2.75, 3.05) is 6.61 Å². The first-order valence-electron chi connectivity index (χ1n) is 23.3. The highest BCUT2D eigenvalue weighted by Gasteiger charge is 2.03. The molecule has 0 heterocycles. The molecule has 0 spiro atoms. The number of carbonyl (C=O) groups excluding carboxylic acids is 1. The zero-order valence-corrected chi connectivity index (χ0v) is 34.6. The summed E-state index contributed by atoms with van der Waals surface area (Å²) in [7, 11) is 0. The number of unbranched alkanes of at least 4 members (excludes halogenated alkanes) is 35. The number of esters is 1. The number of allylic oxidation sites excluding steroid dienone is 4. The molecule has 0 N–H and O–H groups in total. The first-order valence-corrected chi connectivity index (χ1v) is 23.3. The topological polar surface area (TPSA) is 26.3 Å². The predicted octanol–water partition coefficient (Wildman–Crippen LogP) is 17.3. The largest absolute Gasteiger partial charge is 0.466 e. The van der Waals surface area contributed by atoms with Crippen molar-refractivity contribution in [3.05, 3.63) is 24.3 Å². The van der Waals surface area contributed by atoms with Crippen LogP contribution in [0.1, 0.15) is 271 Å². The fraction of sp³-hybridized carbons (Fsp3) is 0.896. The zero-order chi connectivity index (χ0) is 36.1. The van der Waals surface area contributed by atoms with Crippen molar-refractivity contribution in [1.82, 2.24) is 0 Å². The molecule has 50 heavy (non-hydrogen) atoms. The molecule has 0 amide bonds. The lowest BCUT2D eigenvalue weighted by Gasteiger charge is -2.06. The van der Waals surface area contributed by atoms with Gasteiger partial charge >= 0.3 is 5.97 Å². The van der Waals surface area contributed by atoms with Crippen molar-refractivity contribution >= 4 is 5.97 Å². The molecule has 0 atom stereocenters. The fourth-order valence-electron chi connectivity index (χ4n) is 7.11. The Morgan fingerprint density at radius 1 is 0.340 bits per heavy atom. The molecule has 0 aromatic heterocycles. The SMILES string of the molecule is CCCCC/C=C\C/C=C\CCCCCCCC(=O)OCCCCCCCCCCCCCCCCCCCCCCCCCCCCCC. The molecule has 0 rings (SSSR count). The highest BCUT2D eigenvalue weighted by atomic mass is 16.5. The summed E-state index contributed by atoms with van der Waals surface area (Å²) < 4.78 is 5.47. The van der Waals surface area contributed by atoms with Gasteiger partial charge in [-0.2, -0.15) is 0 Å². The molecule has 0 aliphatic heterocycles. The van der Waals surface area contributed by atoms with Crippen molar-refractivity contribution in [2.45, 2.75) is 271 Å². The Morgan fingerprint density at radius 2 is 0.620 bits per heavy atom. The van der Waals surface area contributed by atoms with Crippen molar-refractivity contribution in [3.63, 3.8) is 0 Å². The molecule has 0 saturated heterocycles. The van der Waals surface area contributed by atoms with E-state index in [9.17, 15) is 4.79 Å². The summed E-state index contributed by atoms with van der Waals surface area (Å²) in [5.41, 5.74) is 0. The van der Waals surface area contributed by atoms with Gasteiger partial charge in [-0.1, -0.05) is 244 Å². The van der Waals surface area contributed by atoms with Crippen LogP contribution in [0.5, 0.6) is 0 Å². The van der Waals surface area contributed by atoms with Crippen LogP contribution in [0.3, 0.4) is 0 Å². The van der Waals surface area contributed by atoms with E-state index in [-0.39, 0.29) is 5.97 Å². The molecule has 0 bridgehead atoms. The third-order valence-electron chi connectivity index (χ3n) is 10.6. The van der Waals surface area contributed by atoms with E-state index in [1.165, 1.54) is 225 Å². The van der Waals surface area contributed by atoms with Crippen molar-refractivity contribution in [3.8, 4) is 0 Å². The summed E-state index contributed by atoms with van der Waals surface area (Å²) in [6, 6.07) is 0. The second-order valence-corrected chi connectivity index (χ2v) is 15.7. The fourth-order valence-corrected chi connectivity index (χ4v) is 7.11. The molecule has 0 unspecified atom stereocenters. The first-order chi connectivity index (χ1) is 24.8.